The van der Waals surface area contributed by atoms with Crippen LogP contribution in [0, 0.1) is 12.7 Å². The molecule has 9 heteroatoms. The number of imide groups is 1. The minimum Gasteiger partial charge on any atom is -0.325 e. The zero-order valence-electron chi connectivity index (χ0n) is 16.7. The van der Waals surface area contributed by atoms with Crippen LogP contribution in [0.15, 0.2) is 42.5 Å². The topological polar surface area (TPSA) is 108 Å². The van der Waals surface area contributed by atoms with Gasteiger partial charge in [0.05, 0.1) is 11.4 Å². The summed E-state index contributed by atoms with van der Waals surface area (Å²) in [5.74, 6) is -2.01. The molecule has 0 saturated carbocycles. The lowest BCUT2D eigenvalue weighted by molar-refractivity contribution is -0.133. The molecule has 1 atom stereocenters. The second kappa shape index (κ2) is 7.94. The predicted octanol–water partition coefficient (Wildman–Crippen LogP) is 2.50. The van der Waals surface area contributed by atoms with E-state index in [2.05, 4.69) is 16.0 Å². The van der Waals surface area contributed by atoms with E-state index in [9.17, 15) is 23.6 Å². The molecule has 5 amide bonds. The lowest BCUT2D eigenvalue weighted by Gasteiger charge is -2.22. The first-order chi connectivity index (χ1) is 14.1. The summed E-state index contributed by atoms with van der Waals surface area (Å²) in [6.07, 6.45) is 0. The molecular weight excluding hydrogens is 391 g/mol. The van der Waals surface area contributed by atoms with Crippen molar-refractivity contribution >= 4 is 35.1 Å². The quantitative estimate of drug-likeness (QED) is 0.656. The van der Waals surface area contributed by atoms with E-state index in [0.29, 0.717) is 16.9 Å². The van der Waals surface area contributed by atoms with E-state index in [4.69, 9.17) is 0 Å². The molecule has 1 aliphatic heterocycles. The van der Waals surface area contributed by atoms with Gasteiger partial charge in [0.15, 0.2) is 0 Å². The van der Waals surface area contributed by atoms with Crippen LogP contribution in [0.2, 0.25) is 0 Å². The van der Waals surface area contributed by atoms with Crippen molar-refractivity contribution in [3.63, 3.8) is 0 Å². The summed E-state index contributed by atoms with van der Waals surface area (Å²) < 4.78 is 13.2. The van der Waals surface area contributed by atoms with Gasteiger partial charge in [-0.2, -0.15) is 0 Å². The van der Waals surface area contributed by atoms with E-state index in [1.54, 1.807) is 18.2 Å². The van der Waals surface area contributed by atoms with Crippen LogP contribution in [0.5, 0.6) is 0 Å². The third kappa shape index (κ3) is 4.14. The second-order valence-corrected chi connectivity index (χ2v) is 7.23. The number of rotatable bonds is 5. The van der Waals surface area contributed by atoms with Crippen LogP contribution in [-0.4, -0.2) is 35.2 Å². The van der Waals surface area contributed by atoms with Crippen molar-refractivity contribution < 1.29 is 23.6 Å². The first-order valence-electron chi connectivity index (χ1n) is 9.18. The van der Waals surface area contributed by atoms with E-state index in [-0.39, 0.29) is 5.91 Å². The molecule has 1 saturated heterocycles. The number of nitrogens with one attached hydrogen (secondary N) is 3. The van der Waals surface area contributed by atoms with Gasteiger partial charge in [0, 0.05) is 6.92 Å². The van der Waals surface area contributed by atoms with Crippen LogP contribution in [0.1, 0.15) is 25.0 Å². The SMILES string of the molecule is CC(=O)Nc1ccc(C)cc1NC(=O)CN1C(=O)NC(C)(c2ccc(F)cc2)C1=O. The molecule has 3 N–H and O–H groups in total. The van der Waals surface area contributed by atoms with Crippen LogP contribution in [0.4, 0.5) is 20.6 Å². The lowest BCUT2D eigenvalue weighted by atomic mass is 9.92. The fourth-order valence-electron chi connectivity index (χ4n) is 3.21. The molecule has 30 heavy (non-hydrogen) atoms. The zero-order chi connectivity index (χ0) is 22.1. The van der Waals surface area contributed by atoms with Crippen molar-refractivity contribution in [2.75, 3.05) is 17.2 Å². The summed E-state index contributed by atoms with van der Waals surface area (Å²) in [6.45, 7) is 4.14. The van der Waals surface area contributed by atoms with Gasteiger partial charge in [0.25, 0.3) is 5.91 Å². The molecule has 1 unspecified atom stereocenters. The Hall–Kier alpha value is -3.75. The smallest absolute Gasteiger partial charge is 0.325 e. The van der Waals surface area contributed by atoms with Gasteiger partial charge in [-0.15, -0.1) is 0 Å². The van der Waals surface area contributed by atoms with Crippen molar-refractivity contribution in [3.05, 3.63) is 59.4 Å². The Kier molecular flexibility index (Phi) is 5.55. The Morgan fingerprint density at radius 3 is 2.37 bits per heavy atom. The van der Waals surface area contributed by atoms with Crippen molar-refractivity contribution in [1.82, 2.24) is 10.2 Å². The second-order valence-electron chi connectivity index (χ2n) is 7.23. The minimum atomic E-state index is -1.41. The first-order valence-corrected chi connectivity index (χ1v) is 9.18. The van der Waals surface area contributed by atoms with Crippen LogP contribution >= 0.6 is 0 Å². The van der Waals surface area contributed by atoms with Crippen LogP contribution in [0.3, 0.4) is 0 Å². The van der Waals surface area contributed by atoms with Gasteiger partial charge in [0.1, 0.15) is 17.9 Å². The van der Waals surface area contributed by atoms with Gasteiger partial charge >= 0.3 is 6.03 Å². The molecule has 2 aromatic rings. The number of nitrogens with zero attached hydrogens (tertiary/aromatic N) is 1. The van der Waals surface area contributed by atoms with E-state index in [1.165, 1.54) is 38.1 Å². The molecule has 1 heterocycles. The van der Waals surface area contributed by atoms with Gasteiger partial charge in [-0.25, -0.2) is 9.18 Å². The predicted molar refractivity (Wildman–Crippen MR) is 108 cm³/mol. The number of anilines is 2. The summed E-state index contributed by atoms with van der Waals surface area (Å²) in [5.41, 5.74) is 0.587. The maximum Gasteiger partial charge on any atom is 0.325 e. The minimum absolute atomic E-state index is 0.307. The van der Waals surface area contributed by atoms with Gasteiger partial charge in [-0.3, -0.25) is 19.3 Å². The molecule has 1 fully saturated rings. The maximum absolute atomic E-state index is 13.2. The van der Waals surface area contributed by atoms with Crippen LogP contribution in [-0.2, 0) is 19.9 Å². The zero-order valence-corrected chi connectivity index (χ0v) is 16.7. The van der Waals surface area contributed by atoms with Gasteiger partial charge < -0.3 is 16.0 Å². The average molecular weight is 412 g/mol. The van der Waals surface area contributed by atoms with Crippen LogP contribution in [0.25, 0.3) is 0 Å². The van der Waals surface area contributed by atoms with E-state index in [1.807, 2.05) is 6.92 Å². The first kappa shape index (κ1) is 21.0. The van der Waals surface area contributed by atoms with Crippen molar-refractivity contribution in [3.8, 4) is 0 Å². The molecule has 0 spiro atoms. The summed E-state index contributed by atoms with van der Waals surface area (Å²) in [5, 5.41) is 7.79. The Morgan fingerprint density at radius 2 is 1.73 bits per heavy atom. The molecule has 0 aromatic heterocycles. The molecule has 0 aliphatic carbocycles. The Bertz CT molecular complexity index is 1040. The number of aryl methyl sites for hydroxylation is 1. The number of urea groups is 1. The number of halogens is 1. The van der Waals surface area contributed by atoms with E-state index in [0.717, 1.165) is 10.5 Å². The highest BCUT2D eigenvalue weighted by atomic mass is 19.1. The standard InChI is InChI=1S/C21H21FN4O4/c1-12-4-9-16(23-13(2)27)17(10-12)24-18(28)11-26-19(29)21(3,25-20(26)30)14-5-7-15(22)8-6-14/h4-10H,11H2,1-3H3,(H,23,27)(H,24,28)(H,25,30). The highest BCUT2D eigenvalue weighted by Crippen LogP contribution is 2.29. The fraction of sp³-hybridized carbons (Fsp3) is 0.238. The molecule has 0 bridgehead atoms. The Balaban J connectivity index is 1.77. The number of hydrogen-bond donors (Lipinski definition) is 3. The third-order valence-electron chi connectivity index (χ3n) is 4.76. The monoisotopic (exact) mass is 412 g/mol. The number of carbonyl (C=O) groups excluding carboxylic acids is 4. The molecule has 3 rings (SSSR count). The largest absolute Gasteiger partial charge is 0.325 e. The Morgan fingerprint density at radius 1 is 1.07 bits per heavy atom. The number of amides is 5. The summed E-state index contributed by atoms with van der Waals surface area (Å²) in [4.78, 5) is 50.0. The van der Waals surface area contributed by atoms with Gasteiger partial charge in [-0.1, -0.05) is 18.2 Å². The number of hydrogen-bond acceptors (Lipinski definition) is 4. The summed E-state index contributed by atoms with van der Waals surface area (Å²) in [7, 11) is 0. The molecule has 156 valence electrons. The van der Waals surface area contributed by atoms with E-state index < -0.39 is 35.7 Å². The van der Waals surface area contributed by atoms with Crippen LogP contribution < -0.4 is 16.0 Å². The molecule has 1 aliphatic rings. The van der Waals surface area contributed by atoms with Gasteiger partial charge in [0.2, 0.25) is 11.8 Å². The lowest BCUT2D eigenvalue weighted by Crippen LogP contribution is -2.42. The van der Waals surface area contributed by atoms with Crippen molar-refractivity contribution in [2.45, 2.75) is 26.3 Å². The van der Waals surface area contributed by atoms with Crippen molar-refractivity contribution in [2.24, 2.45) is 0 Å². The normalized spacial score (nSPS) is 18.2. The molecule has 0 radical (unpaired) electrons. The third-order valence-corrected chi connectivity index (χ3v) is 4.76. The molecular formula is C21H21FN4O4. The highest BCUT2D eigenvalue weighted by Gasteiger charge is 2.49. The molecule has 8 nitrogen and oxygen atoms in total. The molecule has 2 aromatic carbocycles. The summed E-state index contributed by atoms with van der Waals surface area (Å²) in [6, 6.07) is 9.55. The number of benzene rings is 2. The summed E-state index contributed by atoms with van der Waals surface area (Å²) >= 11 is 0. The van der Waals surface area contributed by atoms with Gasteiger partial charge in [-0.05, 0) is 49.2 Å². The fourth-order valence-corrected chi connectivity index (χ4v) is 3.21. The van der Waals surface area contributed by atoms with Crippen molar-refractivity contribution in [1.29, 1.82) is 0 Å². The average Bonchev–Trinajstić information content (AvgIpc) is 2.88. The Labute approximate surface area is 172 Å². The number of carbonyl (C=O) groups is 4. The highest BCUT2D eigenvalue weighted by molar-refractivity contribution is 6.10. The maximum atomic E-state index is 13.2. The van der Waals surface area contributed by atoms with E-state index >= 15 is 0 Å².